The van der Waals surface area contributed by atoms with Gasteiger partial charge < -0.3 is 10.4 Å². The largest absolute Gasteiger partial charge is 0.478 e. The molecule has 3 N–H and O–H groups in total. The molecule has 6 nitrogen and oxygen atoms in total. The van der Waals surface area contributed by atoms with Crippen LogP contribution in [0.4, 0.5) is 10.5 Å². The lowest BCUT2D eigenvalue weighted by Crippen LogP contribution is -2.33. The molecule has 94 valence electrons. The minimum atomic E-state index is -1.28. The van der Waals surface area contributed by atoms with Crippen molar-refractivity contribution in [3.63, 3.8) is 0 Å². The van der Waals surface area contributed by atoms with Crippen LogP contribution in [0.5, 0.6) is 0 Å². The number of carboxylic acids is 1. The van der Waals surface area contributed by atoms with E-state index in [1.807, 2.05) is 5.32 Å². The molecule has 18 heavy (non-hydrogen) atoms. The number of urea groups is 1. The van der Waals surface area contributed by atoms with Gasteiger partial charge in [0.1, 0.15) is 0 Å². The summed E-state index contributed by atoms with van der Waals surface area (Å²) in [4.78, 5) is 32.5. The van der Waals surface area contributed by atoms with Gasteiger partial charge in [0.15, 0.2) is 0 Å². The number of aliphatic carboxylic acids is 1. The minimum Gasteiger partial charge on any atom is -0.478 e. The predicted octanol–water partition coefficient (Wildman–Crippen LogP) is 1.63. The number of hydrogen-bond acceptors (Lipinski definition) is 3. The summed E-state index contributed by atoms with van der Waals surface area (Å²) in [6, 6.07) is 5.56. The van der Waals surface area contributed by atoms with Crippen LogP contribution in [-0.2, 0) is 9.59 Å². The number of nitrogens with one attached hydrogen (secondary N) is 2. The maximum absolute atomic E-state index is 11.3. The van der Waals surface area contributed by atoms with E-state index in [-0.39, 0.29) is 0 Å². The van der Waals surface area contributed by atoms with Crippen LogP contribution >= 0.6 is 11.6 Å². The van der Waals surface area contributed by atoms with E-state index < -0.39 is 17.9 Å². The second-order valence-corrected chi connectivity index (χ2v) is 3.56. The maximum Gasteiger partial charge on any atom is 0.328 e. The third-order valence-corrected chi connectivity index (χ3v) is 1.93. The van der Waals surface area contributed by atoms with Crippen molar-refractivity contribution in [2.75, 3.05) is 5.32 Å². The van der Waals surface area contributed by atoms with Gasteiger partial charge in [-0.3, -0.25) is 10.1 Å². The summed E-state index contributed by atoms with van der Waals surface area (Å²) in [6.45, 7) is 0. The van der Waals surface area contributed by atoms with Gasteiger partial charge in [0, 0.05) is 22.9 Å². The fourth-order valence-electron chi connectivity index (χ4n) is 1.03. The first kappa shape index (κ1) is 13.7. The average Bonchev–Trinajstić information content (AvgIpc) is 2.26. The van der Waals surface area contributed by atoms with E-state index in [2.05, 4.69) is 5.32 Å². The van der Waals surface area contributed by atoms with Crippen molar-refractivity contribution in [3.05, 3.63) is 41.4 Å². The van der Waals surface area contributed by atoms with Gasteiger partial charge in [-0.15, -0.1) is 0 Å². The zero-order chi connectivity index (χ0) is 13.5. The Kier molecular flexibility index (Phi) is 4.89. The normalized spacial score (nSPS) is 10.1. The van der Waals surface area contributed by atoms with E-state index in [0.717, 1.165) is 6.08 Å². The van der Waals surface area contributed by atoms with Crippen LogP contribution in [0, 0.1) is 0 Å². The SMILES string of the molecule is O=C(O)/C=C/C(=O)NC(=O)Nc1cccc(Cl)c1. The van der Waals surface area contributed by atoms with Gasteiger partial charge in [-0.25, -0.2) is 9.59 Å². The standard InChI is InChI=1S/C11H9ClN2O4/c12-7-2-1-3-8(6-7)13-11(18)14-9(15)4-5-10(16)17/h1-6H,(H,16,17)(H2,13,14,15,18)/b5-4+. The first-order valence-corrected chi connectivity index (χ1v) is 5.13. The first-order chi connectivity index (χ1) is 8.47. The number of carbonyl (C=O) groups is 3. The zero-order valence-corrected chi connectivity index (χ0v) is 9.77. The lowest BCUT2D eigenvalue weighted by molar-refractivity contribution is -0.131. The Bertz CT molecular complexity index is 514. The number of hydrogen-bond donors (Lipinski definition) is 3. The highest BCUT2D eigenvalue weighted by molar-refractivity contribution is 6.30. The molecule has 7 heteroatoms. The monoisotopic (exact) mass is 268 g/mol. The van der Waals surface area contributed by atoms with Crippen LogP contribution in [0.1, 0.15) is 0 Å². The Balaban J connectivity index is 2.52. The highest BCUT2D eigenvalue weighted by Crippen LogP contribution is 2.14. The van der Waals surface area contributed by atoms with Crippen molar-refractivity contribution < 1.29 is 19.5 Å². The molecule has 3 amide bonds. The van der Waals surface area contributed by atoms with Crippen molar-refractivity contribution in [2.45, 2.75) is 0 Å². The molecule has 0 aliphatic rings. The summed E-state index contributed by atoms with van der Waals surface area (Å²) in [5.74, 6) is -2.11. The number of amides is 3. The molecular formula is C11H9ClN2O4. The molecule has 0 saturated carbocycles. The molecule has 1 rings (SSSR count). The third kappa shape index (κ3) is 5.13. The Morgan fingerprint density at radius 2 is 1.94 bits per heavy atom. The van der Waals surface area contributed by atoms with E-state index >= 15 is 0 Å². The molecule has 0 aromatic heterocycles. The van der Waals surface area contributed by atoms with E-state index in [1.54, 1.807) is 18.2 Å². The summed E-state index contributed by atoms with van der Waals surface area (Å²) in [5.41, 5.74) is 0.412. The van der Waals surface area contributed by atoms with E-state index in [4.69, 9.17) is 16.7 Å². The van der Waals surface area contributed by atoms with Crippen molar-refractivity contribution in [1.29, 1.82) is 0 Å². The Morgan fingerprint density at radius 3 is 2.56 bits per heavy atom. The molecule has 0 fully saturated rings. The van der Waals surface area contributed by atoms with Crippen molar-refractivity contribution >= 4 is 35.2 Å². The summed E-state index contributed by atoms with van der Waals surface area (Å²) >= 11 is 5.70. The highest BCUT2D eigenvalue weighted by Gasteiger charge is 2.05. The molecule has 1 aromatic carbocycles. The highest BCUT2D eigenvalue weighted by atomic mass is 35.5. The van der Waals surface area contributed by atoms with Crippen LogP contribution in [0.3, 0.4) is 0 Å². The Morgan fingerprint density at radius 1 is 1.22 bits per heavy atom. The second-order valence-electron chi connectivity index (χ2n) is 3.13. The van der Waals surface area contributed by atoms with Crippen LogP contribution in [0.15, 0.2) is 36.4 Å². The molecule has 0 spiro atoms. The molecule has 0 unspecified atom stereocenters. The van der Waals surface area contributed by atoms with Gasteiger partial charge in [-0.05, 0) is 18.2 Å². The fraction of sp³-hybridized carbons (Fsp3) is 0. The average molecular weight is 269 g/mol. The van der Waals surface area contributed by atoms with Gasteiger partial charge in [0.05, 0.1) is 0 Å². The third-order valence-electron chi connectivity index (χ3n) is 1.70. The lowest BCUT2D eigenvalue weighted by Gasteiger charge is -2.04. The van der Waals surface area contributed by atoms with E-state index in [0.29, 0.717) is 16.8 Å². The summed E-state index contributed by atoms with van der Waals surface area (Å²) in [7, 11) is 0. The number of halogens is 1. The van der Waals surface area contributed by atoms with Crippen LogP contribution < -0.4 is 10.6 Å². The Labute approximate surface area is 107 Å². The summed E-state index contributed by atoms with van der Waals surface area (Å²) in [5, 5.41) is 13.0. The number of imide groups is 1. The summed E-state index contributed by atoms with van der Waals surface area (Å²) in [6.07, 6.45) is 1.36. The molecular weight excluding hydrogens is 260 g/mol. The van der Waals surface area contributed by atoms with Gasteiger partial charge in [0.25, 0.3) is 5.91 Å². The number of anilines is 1. The minimum absolute atomic E-state index is 0.412. The number of rotatable bonds is 3. The first-order valence-electron chi connectivity index (χ1n) is 4.76. The molecule has 0 saturated heterocycles. The number of carboxylic acid groups (broad SMARTS) is 1. The van der Waals surface area contributed by atoms with Gasteiger partial charge in [0.2, 0.25) is 0 Å². The fourth-order valence-corrected chi connectivity index (χ4v) is 1.22. The Hall–Kier alpha value is -2.34. The van der Waals surface area contributed by atoms with Crippen LogP contribution in [0.2, 0.25) is 5.02 Å². The molecule has 0 bridgehead atoms. The van der Waals surface area contributed by atoms with Crippen LogP contribution in [0.25, 0.3) is 0 Å². The second kappa shape index (κ2) is 6.41. The molecule has 0 radical (unpaired) electrons. The van der Waals surface area contributed by atoms with Crippen molar-refractivity contribution in [3.8, 4) is 0 Å². The molecule has 0 heterocycles. The van der Waals surface area contributed by atoms with Crippen LogP contribution in [-0.4, -0.2) is 23.0 Å². The quantitative estimate of drug-likeness (QED) is 0.726. The molecule has 0 aliphatic heterocycles. The predicted molar refractivity (Wildman–Crippen MR) is 65.4 cm³/mol. The summed E-state index contributed by atoms with van der Waals surface area (Å²) < 4.78 is 0. The van der Waals surface area contributed by atoms with Gasteiger partial charge in [-0.2, -0.15) is 0 Å². The number of benzene rings is 1. The lowest BCUT2D eigenvalue weighted by atomic mass is 10.3. The smallest absolute Gasteiger partial charge is 0.328 e. The van der Waals surface area contributed by atoms with E-state index in [9.17, 15) is 14.4 Å². The van der Waals surface area contributed by atoms with Gasteiger partial charge >= 0.3 is 12.0 Å². The topological polar surface area (TPSA) is 95.5 Å². The van der Waals surface area contributed by atoms with E-state index in [1.165, 1.54) is 6.07 Å². The van der Waals surface area contributed by atoms with Crippen molar-refractivity contribution in [1.82, 2.24) is 5.32 Å². The maximum atomic E-state index is 11.3. The zero-order valence-electron chi connectivity index (χ0n) is 9.01. The van der Waals surface area contributed by atoms with Gasteiger partial charge in [-0.1, -0.05) is 17.7 Å². The molecule has 0 atom stereocenters. The molecule has 1 aromatic rings. The number of carbonyl (C=O) groups excluding carboxylic acids is 2. The van der Waals surface area contributed by atoms with Crippen molar-refractivity contribution in [2.24, 2.45) is 0 Å². The molecule has 0 aliphatic carbocycles.